The number of fused-ring (bicyclic) bond motifs is 2. The summed E-state index contributed by atoms with van der Waals surface area (Å²) in [5.74, 6) is -0.976. The molecule has 1 saturated carbocycles. The van der Waals surface area contributed by atoms with Crippen molar-refractivity contribution >= 4 is 0 Å². The maximum atomic E-state index is 12.6. The molecule has 2 bridgehead atoms. The molecule has 0 amide bonds. The van der Waals surface area contributed by atoms with Crippen LogP contribution in [0.25, 0.3) is 0 Å². The van der Waals surface area contributed by atoms with Crippen molar-refractivity contribution in [2.45, 2.75) is 88.9 Å². The highest BCUT2D eigenvalue weighted by Crippen LogP contribution is 2.61. The van der Waals surface area contributed by atoms with Gasteiger partial charge < -0.3 is 14.6 Å². The second kappa shape index (κ2) is 6.30. The van der Waals surface area contributed by atoms with Crippen LogP contribution in [0.4, 0.5) is 13.2 Å². The molecule has 8 heteroatoms. The third kappa shape index (κ3) is 2.98. The standard InChI is InChI=1S/C18H27F3O5/c1-10-5-6-13-11(4-3-8-17(19,20)21)14(22)23-15-18(13)12(10)7-9-16(2,24-15)25-26-18/h10-15,22H,3-9H2,1-2H3/t10-,11-,12+,13+,14?,15?,16-,18-/m1/s1. The lowest BCUT2D eigenvalue weighted by Crippen LogP contribution is -2.70. The minimum Gasteiger partial charge on any atom is -0.368 e. The van der Waals surface area contributed by atoms with Crippen LogP contribution in [0.2, 0.25) is 0 Å². The summed E-state index contributed by atoms with van der Waals surface area (Å²) in [6, 6.07) is 0. The number of aliphatic hydroxyl groups excluding tert-OH is 1. The molecule has 150 valence electrons. The van der Waals surface area contributed by atoms with Crippen LogP contribution in [0.5, 0.6) is 0 Å². The molecule has 1 spiro atoms. The van der Waals surface area contributed by atoms with Gasteiger partial charge in [-0.05, 0) is 50.9 Å². The van der Waals surface area contributed by atoms with Gasteiger partial charge in [-0.25, -0.2) is 9.78 Å². The van der Waals surface area contributed by atoms with Crippen molar-refractivity contribution in [1.29, 1.82) is 0 Å². The zero-order valence-electron chi connectivity index (χ0n) is 15.1. The predicted molar refractivity (Wildman–Crippen MR) is 83.3 cm³/mol. The maximum Gasteiger partial charge on any atom is 0.389 e. The molecule has 0 radical (unpaired) electrons. The van der Waals surface area contributed by atoms with Gasteiger partial charge in [0.2, 0.25) is 5.79 Å². The Balaban J connectivity index is 1.61. The SMILES string of the molecule is C[C@@H]1CC[C@H]2[C@@H](CCCC(F)(F)F)C(O)OC3O[C@@]4(C)CC[C@@H]1[C@]32OO4. The molecular weight excluding hydrogens is 353 g/mol. The number of ether oxygens (including phenoxy) is 2. The van der Waals surface area contributed by atoms with Gasteiger partial charge in [0.25, 0.3) is 0 Å². The molecule has 0 aromatic rings. The number of hydrogen-bond donors (Lipinski definition) is 1. The number of hydrogen-bond acceptors (Lipinski definition) is 5. The maximum absolute atomic E-state index is 12.6. The summed E-state index contributed by atoms with van der Waals surface area (Å²) in [5.41, 5.74) is -0.851. The smallest absolute Gasteiger partial charge is 0.368 e. The van der Waals surface area contributed by atoms with Gasteiger partial charge in [-0.15, -0.1) is 0 Å². The number of rotatable bonds is 3. The van der Waals surface area contributed by atoms with E-state index in [1.165, 1.54) is 0 Å². The minimum absolute atomic E-state index is 0.0362. The first kappa shape index (κ1) is 18.9. The fraction of sp³-hybridized carbons (Fsp3) is 1.00. The molecule has 5 aliphatic rings. The van der Waals surface area contributed by atoms with E-state index in [0.29, 0.717) is 12.3 Å². The van der Waals surface area contributed by atoms with Gasteiger partial charge in [0, 0.05) is 24.7 Å². The van der Waals surface area contributed by atoms with E-state index in [1.807, 2.05) is 0 Å². The first-order valence-electron chi connectivity index (χ1n) is 9.59. The van der Waals surface area contributed by atoms with Crippen molar-refractivity contribution in [1.82, 2.24) is 0 Å². The molecule has 1 N–H and O–H groups in total. The molecule has 0 aromatic heterocycles. The summed E-state index contributed by atoms with van der Waals surface area (Å²) < 4.78 is 49.5. The molecule has 5 rings (SSSR count). The molecule has 8 atom stereocenters. The quantitative estimate of drug-likeness (QED) is 0.753. The van der Waals surface area contributed by atoms with Gasteiger partial charge in [-0.1, -0.05) is 6.92 Å². The van der Waals surface area contributed by atoms with Crippen LogP contribution in [0.15, 0.2) is 0 Å². The van der Waals surface area contributed by atoms with E-state index in [4.69, 9.17) is 19.2 Å². The van der Waals surface area contributed by atoms with Gasteiger partial charge in [-0.3, -0.25) is 0 Å². The molecule has 26 heavy (non-hydrogen) atoms. The zero-order chi connectivity index (χ0) is 18.7. The summed E-state index contributed by atoms with van der Waals surface area (Å²) >= 11 is 0. The average Bonchev–Trinajstić information content (AvgIpc) is 2.76. The Hall–Kier alpha value is -0.410. The lowest BCUT2D eigenvalue weighted by molar-refractivity contribution is -0.577. The summed E-state index contributed by atoms with van der Waals surface area (Å²) in [4.78, 5) is 11.6. The topological polar surface area (TPSA) is 57.2 Å². The summed E-state index contributed by atoms with van der Waals surface area (Å²) in [7, 11) is 0. The van der Waals surface area contributed by atoms with E-state index in [0.717, 1.165) is 19.3 Å². The lowest BCUT2D eigenvalue weighted by Gasteiger charge is -2.60. The first-order valence-corrected chi connectivity index (χ1v) is 9.59. The van der Waals surface area contributed by atoms with E-state index >= 15 is 0 Å². The number of alkyl halides is 3. The highest BCUT2D eigenvalue weighted by atomic mass is 19.4. The Bertz CT molecular complexity index is 543. The fourth-order valence-corrected chi connectivity index (χ4v) is 5.62. The molecule has 2 unspecified atom stereocenters. The molecule has 5 fully saturated rings. The molecule has 5 nitrogen and oxygen atoms in total. The molecule has 4 saturated heterocycles. The predicted octanol–water partition coefficient (Wildman–Crippen LogP) is 3.90. The largest absolute Gasteiger partial charge is 0.389 e. The zero-order valence-corrected chi connectivity index (χ0v) is 15.1. The third-order valence-electron chi connectivity index (χ3n) is 6.92. The molecule has 4 aliphatic heterocycles. The Labute approximate surface area is 151 Å². The Morgan fingerprint density at radius 3 is 2.62 bits per heavy atom. The monoisotopic (exact) mass is 380 g/mol. The summed E-state index contributed by atoms with van der Waals surface area (Å²) in [6.07, 6.45) is -3.54. The Morgan fingerprint density at radius 1 is 1.12 bits per heavy atom. The minimum atomic E-state index is -4.19. The van der Waals surface area contributed by atoms with Crippen LogP contribution in [-0.4, -0.2) is 35.3 Å². The normalized spacial score (nSPS) is 51.0. The highest BCUT2D eigenvalue weighted by molar-refractivity contribution is 5.09. The van der Waals surface area contributed by atoms with E-state index < -0.39 is 42.5 Å². The van der Waals surface area contributed by atoms with E-state index in [9.17, 15) is 18.3 Å². The second-order valence-corrected chi connectivity index (χ2v) is 8.61. The molecule has 4 heterocycles. The van der Waals surface area contributed by atoms with E-state index in [1.54, 1.807) is 6.92 Å². The van der Waals surface area contributed by atoms with Gasteiger partial charge in [0.1, 0.15) is 0 Å². The van der Waals surface area contributed by atoms with Crippen LogP contribution < -0.4 is 0 Å². The molecular formula is C18H27F3O5. The Kier molecular flexibility index (Phi) is 4.59. The third-order valence-corrected chi connectivity index (χ3v) is 6.92. The van der Waals surface area contributed by atoms with Crippen molar-refractivity contribution in [2.75, 3.05) is 0 Å². The van der Waals surface area contributed by atoms with Crippen LogP contribution in [0.3, 0.4) is 0 Å². The average molecular weight is 380 g/mol. The van der Waals surface area contributed by atoms with Crippen LogP contribution in [0, 0.1) is 23.7 Å². The lowest BCUT2D eigenvalue weighted by atomic mass is 9.57. The van der Waals surface area contributed by atoms with Crippen molar-refractivity contribution in [2.24, 2.45) is 23.7 Å². The van der Waals surface area contributed by atoms with Crippen molar-refractivity contribution in [3.05, 3.63) is 0 Å². The van der Waals surface area contributed by atoms with Gasteiger partial charge >= 0.3 is 6.18 Å². The number of halogens is 3. The second-order valence-electron chi connectivity index (χ2n) is 8.61. The molecule has 1 aliphatic carbocycles. The number of aliphatic hydroxyl groups is 1. The van der Waals surface area contributed by atoms with Gasteiger partial charge in [0.15, 0.2) is 18.2 Å². The van der Waals surface area contributed by atoms with Gasteiger partial charge in [0.05, 0.1) is 0 Å². The Morgan fingerprint density at radius 2 is 1.88 bits per heavy atom. The van der Waals surface area contributed by atoms with Crippen molar-refractivity contribution in [3.8, 4) is 0 Å². The highest BCUT2D eigenvalue weighted by Gasteiger charge is 2.69. The summed E-state index contributed by atoms with van der Waals surface area (Å²) in [6.45, 7) is 3.96. The van der Waals surface area contributed by atoms with Crippen molar-refractivity contribution in [3.63, 3.8) is 0 Å². The van der Waals surface area contributed by atoms with Gasteiger partial charge in [-0.2, -0.15) is 13.2 Å². The van der Waals surface area contributed by atoms with Crippen LogP contribution in [0.1, 0.15) is 58.8 Å². The van der Waals surface area contributed by atoms with Crippen molar-refractivity contribution < 1.29 is 37.5 Å². The van der Waals surface area contributed by atoms with E-state index in [-0.39, 0.29) is 24.7 Å². The van der Waals surface area contributed by atoms with Crippen LogP contribution in [-0.2, 0) is 19.2 Å². The molecule has 0 aromatic carbocycles. The fourth-order valence-electron chi connectivity index (χ4n) is 5.62. The summed E-state index contributed by atoms with van der Waals surface area (Å²) in [5, 5.41) is 10.5. The first-order chi connectivity index (χ1) is 12.1. The van der Waals surface area contributed by atoms with Crippen LogP contribution >= 0.6 is 0 Å². The van der Waals surface area contributed by atoms with E-state index in [2.05, 4.69) is 6.92 Å².